The number of aromatic nitrogens is 1. The van der Waals surface area contributed by atoms with Crippen molar-refractivity contribution >= 4 is 32.5 Å². The van der Waals surface area contributed by atoms with Gasteiger partial charge in [-0.3, -0.25) is 4.79 Å². The molecule has 0 bridgehead atoms. The van der Waals surface area contributed by atoms with Crippen LogP contribution in [0.1, 0.15) is 39.2 Å². The highest BCUT2D eigenvalue weighted by atomic mass is 32.2. The fraction of sp³-hybridized carbons (Fsp3) is 0.348. The second-order valence-electron chi connectivity index (χ2n) is 8.00. The van der Waals surface area contributed by atoms with Crippen molar-refractivity contribution in [2.24, 2.45) is 0 Å². The number of hydrogen-bond acceptors (Lipinski definition) is 3. The first-order chi connectivity index (χ1) is 14.6. The van der Waals surface area contributed by atoms with Gasteiger partial charge < -0.3 is 9.88 Å². The molecule has 3 rings (SSSR count). The van der Waals surface area contributed by atoms with Gasteiger partial charge in [-0.05, 0) is 68.7 Å². The lowest BCUT2D eigenvalue weighted by atomic mass is 10.0. The van der Waals surface area contributed by atoms with Crippen LogP contribution in [0.4, 0.5) is 10.1 Å². The van der Waals surface area contributed by atoms with E-state index in [1.54, 1.807) is 19.9 Å². The summed E-state index contributed by atoms with van der Waals surface area (Å²) in [6.45, 7) is 6.84. The zero-order chi connectivity index (χ0) is 22.8. The van der Waals surface area contributed by atoms with Crippen molar-refractivity contribution < 1.29 is 17.6 Å². The van der Waals surface area contributed by atoms with E-state index in [1.165, 1.54) is 6.92 Å². The van der Waals surface area contributed by atoms with Crippen LogP contribution in [0.2, 0.25) is 0 Å². The van der Waals surface area contributed by atoms with Gasteiger partial charge in [0.05, 0.1) is 10.8 Å². The Bertz CT molecular complexity index is 1170. The lowest BCUT2D eigenvalue weighted by Crippen LogP contribution is -2.33. The lowest BCUT2D eigenvalue weighted by molar-refractivity contribution is -0.120. The molecule has 1 unspecified atom stereocenters. The van der Waals surface area contributed by atoms with Gasteiger partial charge >= 0.3 is 0 Å². The van der Waals surface area contributed by atoms with Crippen molar-refractivity contribution in [3.63, 3.8) is 0 Å². The Morgan fingerprint density at radius 1 is 1.03 bits per heavy atom. The molecule has 1 aromatic heterocycles. The Kier molecular flexibility index (Phi) is 6.81. The molecule has 2 aromatic carbocycles. The number of sulfonamides is 1. The zero-order valence-corrected chi connectivity index (χ0v) is 18.9. The van der Waals surface area contributed by atoms with Crippen LogP contribution in [-0.2, 0) is 14.8 Å². The molecule has 6 nitrogen and oxygen atoms in total. The van der Waals surface area contributed by atoms with Gasteiger partial charge in [0.1, 0.15) is 0 Å². The molecule has 0 radical (unpaired) electrons. The predicted molar refractivity (Wildman–Crippen MR) is 123 cm³/mol. The molecule has 1 heterocycles. The number of anilines is 1. The maximum Gasteiger partial charge on any atom is 0.258 e. The topological polar surface area (TPSA) is 80.2 Å². The first kappa shape index (κ1) is 23.0. The third-order valence-electron chi connectivity index (χ3n) is 5.27. The molecule has 3 aromatic rings. The minimum absolute atomic E-state index is 0.0352. The van der Waals surface area contributed by atoms with E-state index in [4.69, 9.17) is 0 Å². The molecule has 0 aliphatic heterocycles. The number of nitrogens with zero attached hydrogens (tertiary/aromatic N) is 1. The van der Waals surface area contributed by atoms with Gasteiger partial charge in [-0.25, -0.2) is 17.5 Å². The number of alkyl halides is 1. The maximum absolute atomic E-state index is 13.1. The minimum Gasteiger partial charge on any atom is -0.324 e. The summed E-state index contributed by atoms with van der Waals surface area (Å²) < 4.78 is 41.7. The lowest BCUT2D eigenvalue weighted by Gasteiger charge is -2.16. The average Bonchev–Trinajstić information content (AvgIpc) is 3.15. The summed E-state index contributed by atoms with van der Waals surface area (Å²) in [7, 11) is -3.29. The Balaban J connectivity index is 1.75. The first-order valence-electron chi connectivity index (χ1n) is 10.2. The number of fused-ring (bicyclic) bond motifs is 1. The highest BCUT2D eigenvalue weighted by Crippen LogP contribution is 2.25. The van der Waals surface area contributed by atoms with Crippen LogP contribution in [-0.4, -0.2) is 36.9 Å². The Morgan fingerprint density at radius 2 is 1.71 bits per heavy atom. The number of amides is 1. The summed E-state index contributed by atoms with van der Waals surface area (Å²) in [4.78, 5) is 11.6. The van der Waals surface area contributed by atoms with Gasteiger partial charge in [0.2, 0.25) is 10.0 Å². The van der Waals surface area contributed by atoms with Gasteiger partial charge in [0.25, 0.3) is 5.91 Å². The van der Waals surface area contributed by atoms with Crippen molar-refractivity contribution in [3.8, 4) is 5.69 Å². The summed E-state index contributed by atoms with van der Waals surface area (Å²) in [6.07, 6.45) is 0.366. The van der Waals surface area contributed by atoms with E-state index in [1.807, 2.05) is 60.2 Å². The highest BCUT2D eigenvalue weighted by molar-refractivity contribution is 7.90. The van der Waals surface area contributed by atoms with Gasteiger partial charge in [-0.1, -0.05) is 19.1 Å². The molecule has 166 valence electrons. The van der Waals surface area contributed by atoms with Gasteiger partial charge in [0, 0.05) is 29.5 Å². The third kappa shape index (κ3) is 5.32. The van der Waals surface area contributed by atoms with Crippen molar-refractivity contribution in [2.75, 3.05) is 11.9 Å². The highest BCUT2D eigenvalue weighted by Gasteiger charge is 2.17. The summed E-state index contributed by atoms with van der Waals surface area (Å²) >= 11 is 0. The molecule has 0 saturated carbocycles. The Hall–Kier alpha value is -2.71. The van der Waals surface area contributed by atoms with Crippen molar-refractivity contribution in [1.82, 2.24) is 9.29 Å². The minimum atomic E-state index is -3.29. The molecule has 2 atom stereocenters. The molecular formula is C23H28FN3O3S. The number of carbonyl (C=O) groups is 1. The molecule has 2 N–H and O–H groups in total. The molecule has 0 saturated heterocycles. The van der Waals surface area contributed by atoms with Gasteiger partial charge in [0.15, 0.2) is 6.17 Å². The van der Waals surface area contributed by atoms with E-state index in [9.17, 15) is 17.6 Å². The van der Waals surface area contributed by atoms with E-state index in [0.717, 1.165) is 22.2 Å². The normalized spacial score (nSPS) is 14.0. The fourth-order valence-corrected chi connectivity index (χ4v) is 3.99. The van der Waals surface area contributed by atoms with Gasteiger partial charge in [-0.2, -0.15) is 0 Å². The average molecular weight is 446 g/mol. The number of rotatable bonds is 8. The molecule has 0 spiro atoms. The zero-order valence-electron chi connectivity index (χ0n) is 18.1. The quantitative estimate of drug-likeness (QED) is 0.541. The monoisotopic (exact) mass is 445 g/mol. The Morgan fingerprint density at radius 3 is 2.32 bits per heavy atom. The van der Waals surface area contributed by atoms with Crippen molar-refractivity contribution in [3.05, 3.63) is 60.3 Å². The first-order valence-corrected chi connectivity index (χ1v) is 11.8. The molecule has 0 aliphatic rings. The van der Waals surface area contributed by atoms with Crippen LogP contribution in [0.15, 0.2) is 54.7 Å². The second-order valence-corrected chi connectivity index (χ2v) is 10.3. The number of carbonyl (C=O) groups excluding carboxylic acids is 1. The molecule has 1 amide bonds. The van der Waals surface area contributed by atoms with Crippen LogP contribution in [0, 0.1) is 0 Å². The van der Waals surface area contributed by atoms with E-state index < -0.39 is 27.4 Å². The van der Waals surface area contributed by atoms with Crippen LogP contribution in [0.25, 0.3) is 16.6 Å². The van der Waals surface area contributed by atoms with E-state index in [0.29, 0.717) is 12.2 Å². The van der Waals surface area contributed by atoms with E-state index in [2.05, 4.69) is 10.0 Å². The van der Waals surface area contributed by atoms with Crippen molar-refractivity contribution in [1.29, 1.82) is 0 Å². The van der Waals surface area contributed by atoms with Crippen LogP contribution in [0.5, 0.6) is 0 Å². The summed E-state index contributed by atoms with van der Waals surface area (Å²) in [5.74, 6) is -0.632. The summed E-state index contributed by atoms with van der Waals surface area (Å²) in [6, 6.07) is 15.3. The number of halogens is 1. The van der Waals surface area contributed by atoms with Crippen LogP contribution >= 0.6 is 0 Å². The fourth-order valence-electron chi connectivity index (χ4n) is 3.18. The molecular weight excluding hydrogens is 417 g/mol. The molecule has 31 heavy (non-hydrogen) atoms. The third-order valence-corrected chi connectivity index (χ3v) is 7.08. The number of nitrogens with one attached hydrogen (secondary N) is 2. The Labute approximate surface area is 182 Å². The predicted octanol–water partition coefficient (Wildman–Crippen LogP) is 4.36. The van der Waals surface area contributed by atoms with E-state index in [-0.39, 0.29) is 5.92 Å². The standard InChI is InChI=1S/C23H28FN3O3S/c1-15(2)31(29,30)25-14-16(3)18-5-8-21(9-6-18)27-12-11-19-13-20(7-10-22(19)27)26-23(28)17(4)24/h5-13,15-17,25H,14H2,1-4H3,(H,26,28)/t16-,17?/m0/s1. The molecule has 0 fully saturated rings. The largest absolute Gasteiger partial charge is 0.324 e. The number of benzene rings is 2. The smallest absolute Gasteiger partial charge is 0.258 e. The number of hydrogen-bond donors (Lipinski definition) is 2. The summed E-state index contributed by atoms with van der Waals surface area (Å²) in [5.41, 5.74) is 3.50. The van der Waals surface area contributed by atoms with E-state index >= 15 is 0 Å². The second kappa shape index (κ2) is 9.20. The summed E-state index contributed by atoms with van der Waals surface area (Å²) in [5, 5.41) is 3.02. The maximum atomic E-state index is 13.1. The van der Waals surface area contributed by atoms with Crippen molar-refractivity contribution in [2.45, 2.75) is 45.0 Å². The SMILES string of the molecule is CC(F)C(=O)Nc1ccc2c(ccn2-c2ccc([C@@H](C)CNS(=O)(=O)C(C)C)cc2)c1. The molecule has 8 heteroatoms. The van der Waals surface area contributed by atoms with Crippen LogP contribution < -0.4 is 10.0 Å². The van der Waals surface area contributed by atoms with Crippen LogP contribution in [0.3, 0.4) is 0 Å². The van der Waals surface area contributed by atoms with Gasteiger partial charge in [-0.15, -0.1) is 0 Å². The molecule has 0 aliphatic carbocycles.